The summed E-state index contributed by atoms with van der Waals surface area (Å²) in [5, 5.41) is 8.92. The summed E-state index contributed by atoms with van der Waals surface area (Å²) in [5.41, 5.74) is 7.47. The Balaban J connectivity index is 1.88. The molecule has 1 fully saturated rings. The van der Waals surface area contributed by atoms with Gasteiger partial charge in [-0.2, -0.15) is 0 Å². The number of aliphatic hydroxyl groups excluding tert-OH is 1. The first-order valence-corrected chi connectivity index (χ1v) is 6.90. The van der Waals surface area contributed by atoms with Crippen LogP contribution in [0.15, 0.2) is 18.3 Å². The molecular formula is C13H20N4OS. The third-order valence-corrected chi connectivity index (χ3v) is 3.57. The molecule has 0 amide bonds. The van der Waals surface area contributed by atoms with Gasteiger partial charge in [0.15, 0.2) is 0 Å². The Hall–Kier alpha value is -1.08. The number of hydrogen-bond donors (Lipinski definition) is 2. The predicted molar refractivity (Wildman–Crippen MR) is 78.9 cm³/mol. The van der Waals surface area contributed by atoms with E-state index < -0.39 is 0 Å². The average Bonchev–Trinajstić information content (AvgIpc) is 2.42. The van der Waals surface area contributed by atoms with Crippen molar-refractivity contribution in [3.05, 3.63) is 29.6 Å². The van der Waals surface area contributed by atoms with E-state index in [-0.39, 0.29) is 6.61 Å². The van der Waals surface area contributed by atoms with Crippen molar-refractivity contribution in [2.75, 3.05) is 39.3 Å². The number of β-amino-alcohol motifs (C(OH)–C–C–N with tert-alkyl or cyclic N) is 1. The largest absolute Gasteiger partial charge is 0.395 e. The lowest BCUT2D eigenvalue weighted by Crippen LogP contribution is -2.46. The van der Waals surface area contributed by atoms with Crippen LogP contribution in [0.3, 0.4) is 0 Å². The second kappa shape index (κ2) is 6.91. The van der Waals surface area contributed by atoms with Crippen molar-refractivity contribution in [3.63, 3.8) is 0 Å². The zero-order valence-corrected chi connectivity index (χ0v) is 11.8. The van der Waals surface area contributed by atoms with Crippen LogP contribution in [-0.4, -0.2) is 64.2 Å². The summed E-state index contributed by atoms with van der Waals surface area (Å²) in [6, 6.07) is 3.96. The van der Waals surface area contributed by atoms with Crippen LogP contribution >= 0.6 is 12.2 Å². The molecule has 0 atom stereocenters. The molecule has 1 aromatic heterocycles. The van der Waals surface area contributed by atoms with Crippen LogP contribution in [0.1, 0.15) is 11.3 Å². The first-order valence-electron chi connectivity index (χ1n) is 6.49. The summed E-state index contributed by atoms with van der Waals surface area (Å²) in [7, 11) is 0. The van der Waals surface area contributed by atoms with Gasteiger partial charge in [-0.3, -0.25) is 14.8 Å². The summed E-state index contributed by atoms with van der Waals surface area (Å²) < 4.78 is 0. The SMILES string of the molecule is NC(=S)c1cc(CN2CCN(CCO)CC2)ccn1. The van der Waals surface area contributed by atoms with E-state index in [0.717, 1.165) is 39.3 Å². The number of hydrogen-bond acceptors (Lipinski definition) is 5. The normalized spacial score (nSPS) is 17.5. The Morgan fingerprint density at radius 1 is 1.32 bits per heavy atom. The number of piperazine rings is 1. The van der Waals surface area contributed by atoms with Crippen LogP contribution in [0.4, 0.5) is 0 Å². The summed E-state index contributed by atoms with van der Waals surface area (Å²) in [5.74, 6) is 0. The molecule has 1 saturated heterocycles. The molecule has 0 bridgehead atoms. The van der Waals surface area contributed by atoms with Crippen LogP contribution in [0.5, 0.6) is 0 Å². The van der Waals surface area contributed by atoms with Crippen LogP contribution in [0, 0.1) is 0 Å². The second-order valence-corrected chi connectivity index (χ2v) is 5.19. The molecule has 2 rings (SSSR count). The van der Waals surface area contributed by atoms with Gasteiger partial charge in [0.1, 0.15) is 4.99 Å². The van der Waals surface area contributed by atoms with Crippen LogP contribution in [0.25, 0.3) is 0 Å². The molecule has 0 aromatic carbocycles. The van der Waals surface area contributed by atoms with Gasteiger partial charge in [0.2, 0.25) is 0 Å². The molecule has 1 aromatic rings. The number of rotatable bonds is 5. The molecule has 0 aliphatic carbocycles. The van der Waals surface area contributed by atoms with E-state index in [1.54, 1.807) is 6.20 Å². The van der Waals surface area contributed by atoms with Crippen LogP contribution < -0.4 is 5.73 Å². The van der Waals surface area contributed by atoms with Gasteiger partial charge in [-0.1, -0.05) is 12.2 Å². The molecule has 0 radical (unpaired) electrons. The van der Waals surface area contributed by atoms with Crippen LogP contribution in [0.2, 0.25) is 0 Å². The van der Waals surface area contributed by atoms with Gasteiger partial charge < -0.3 is 10.8 Å². The fraction of sp³-hybridized carbons (Fsp3) is 0.538. The Labute approximate surface area is 119 Å². The van der Waals surface area contributed by atoms with Gasteiger partial charge in [-0.25, -0.2) is 0 Å². The minimum Gasteiger partial charge on any atom is -0.395 e. The Morgan fingerprint density at radius 2 is 2.00 bits per heavy atom. The van der Waals surface area contributed by atoms with Crippen molar-refractivity contribution in [2.45, 2.75) is 6.54 Å². The number of nitrogens with zero attached hydrogens (tertiary/aromatic N) is 3. The molecule has 0 saturated carbocycles. The predicted octanol–water partition coefficient (Wildman–Crippen LogP) is -0.174. The molecular weight excluding hydrogens is 260 g/mol. The number of thiocarbonyl (C=S) groups is 1. The number of aliphatic hydroxyl groups is 1. The Morgan fingerprint density at radius 3 is 2.63 bits per heavy atom. The fourth-order valence-corrected chi connectivity index (χ4v) is 2.39. The standard InChI is InChI=1S/C13H20N4OS/c14-13(19)12-9-11(1-2-15-12)10-17-5-3-16(4-6-17)7-8-18/h1-2,9,18H,3-8,10H2,(H2,14,19). The van der Waals surface area contributed by atoms with E-state index in [4.69, 9.17) is 23.1 Å². The minimum absolute atomic E-state index is 0.238. The smallest absolute Gasteiger partial charge is 0.122 e. The highest BCUT2D eigenvalue weighted by atomic mass is 32.1. The third-order valence-electron chi connectivity index (χ3n) is 3.36. The zero-order valence-electron chi connectivity index (χ0n) is 11.0. The fourth-order valence-electron chi connectivity index (χ4n) is 2.28. The Bertz CT molecular complexity index is 432. The Kier molecular flexibility index (Phi) is 5.21. The lowest BCUT2D eigenvalue weighted by Gasteiger charge is -2.34. The highest BCUT2D eigenvalue weighted by Gasteiger charge is 2.16. The van der Waals surface area contributed by atoms with Gasteiger partial charge in [0.05, 0.1) is 12.3 Å². The maximum absolute atomic E-state index is 8.92. The zero-order chi connectivity index (χ0) is 13.7. The van der Waals surface area contributed by atoms with Gasteiger partial charge in [-0.15, -0.1) is 0 Å². The van der Waals surface area contributed by atoms with E-state index in [2.05, 4.69) is 14.8 Å². The summed E-state index contributed by atoms with van der Waals surface area (Å²) in [4.78, 5) is 9.17. The van der Waals surface area contributed by atoms with E-state index in [1.165, 1.54) is 5.56 Å². The lowest BCUT2D eigenvalue weighted by molar-refractivity contribution is 0.108. The quantitative estimate of drug-likeness (QED) is 0.730. The summed E-state index contributed by atoms with van der Waals surface area (Å²) in [6.45, 7) is 5.96. The van der Waals surface area contributed by atoms with Gasteiger partial charge >= 0.3 is 0 Å². The molecule has 104 valence electrons. The maximum atomic E-state index is 8.92. The van der Waals surface area contributed by atoms with Crippen molar-refractivity contribution in [3.8, 4) is 0 Å². The van der Waals surface area contributed by atoms with Crippen molar-refractivity contribution >= 4 is 17.2 Å². The maximum Gasteiger partial charge on any atom is 0.122 e. The van der Waals surface area contributed by atoms with E-state index in [9.17, 15) is 0 Å². The van der Waals surface area contributed by atoms with Crippen molar-refractivity contribution in [2.24, 2.45) is 5.73 Å². The van der Waals surface area contributed by atoms with Crippen LogP contribution in [-0.2, 0) is 6.54 Å². The molecule has 6 heteroatoms. The van der Waals surface area contributed by atoms with Gasteiger partial charge in [0, 0.05) is 45.5 Å². The van der Waals surface area contributed by atoms with E-state index >= 15 is 0 Å². The number of aromatic nitrogens is 1. The third kappa shape index (κ3) is 4.21. The molecule has 1 aliphatic rings. The molecule has 0 unspecified atom stereocenters. The molecule has 0 spiro atoms. The van der Waals surface area contributed by atoms with Crippen molar-refractivity contribution in [1.29, 1.82) is 0 Å². The molecule has 2 heterocycles. The molecule has 1 aliphatic heterocycles. The summed E-state index contributed by atoms with van der Waals surface area (Å²) >= 11 is 4.94. The highest BCUT2D eigenvalue weighted by Crippen LogP contribution is 2.09. The first-order chi connectivity index (χ1) is 9.19. The minimum atomic E-state index is 0.238. The number of pyridine rings is 1. The highest BCUT2D eigenvalue weighted by molar-refractivity contribution is 7.80. The lowest BCUT2D eigenvalue weighted by atomic mass is 10.2. The van der Waals surface area contributed by atoms with Crippen molar-refractivity contribution < 1.29 is 5.11 Å². The van der Waals surface area contributed by atoms with Gasteiger partial charge in [-0.05, 0) is 17.7 Å². The van der Waals surface area contributed by atoms with E-state index in [0.29, 0.717) is 10.7 Å². The second-order valence-electron chi connectivity index (χ2n) is 4.75. The van der Waals surface area contributed by atoms with Crippen molar-refractivity contribution in [1.82, 2.24) is 14.8 Å². The first kappa shape index (κ1) is 14.3. The molecule has 3 N–H and O–H groups in total. The average molecular weight is 280 g/mol. The summed E-state index contributed by atoms with van der Waals surface area (Å²) in [6.07, 6.45) is 1.76. The van der Waals surface area contributed by atoms with E-state index in [1.807, 2.05) is 12.1 Å². The molecule has 19 heavy (non-hydrogen) atoms. The number of nitrogens with two attached hydrogens (primary N) is 1. The monoisotopic (exact) mass is 280 g/mol. The van der Waals surface area contributed by atoms with Gasteiger partial charge in [0.25, 0.3) is 0 Å². The molecule has 5 nitrogen and oxygen atoms in total. The topological polar surface area (TPSA) is 65.6 Å².